The van der Waals surface area contributed by atoms with E-state index in [4.69, 9.17) is 9.15 Å². The molecule has 3 aromatic rings. The zero-order valence-corrected chi connectivity index (χ0v) is 19.6. The average molecular weight is 474 g/mol. The zero-order chi connectivity index (χ0) is 20.3. The third kappa shape index (κ3) is 6.18. The van der Waals surface area contributed by atoms with Crippen LogP contribution in [0.3, 0.4) is 0 Å². The summed E-state index contributed by atoms with van der Waals surface area (Å²) in [6.07, 6.45) is 1.46. The number of halogens is 2. The molecule has 0 saturated carbocycles. The van der Waals surface area contributed by atoms with Gasteiger partial charge in [0.1, 0.15) is 23.2 Å². The molecule has 2 heterocycles. The number of hydrogen-bond donors (Lipinski definition) is 2. The normalized spacial score (nSPS) is 10.4. The number of quaternary nitrogens is 1. The van der Waals surface area contributed by atoms with Gasteiger partial charge in [-0.15, -0.1) is 0 Å². The van der Waals surface area contributed by atoms with E-state index in [9.17, 15) is 9.59 Å². The van der Waals surface area contributed by atoms with E-state index in [-0.39, 0.29) is 42.8 Å². The molecule has 30 heavy (non-hydrogen) atoms. The van der Waals surface area contributed by atoms with Crippen molar-refractivity contribution in [1.29, 1.82) is 0 Å². The summed E-state index contributed by atoms with van der Waals surface area (Å²) in [6.45, 7) is 5.13. The van der Waals surface area contributed by atoms with Crippen LogP contribution in [-0.2, 0) is 4.79 Å². The Morgan fingerprint density at radius 2 is 2.00 bits per heavy atom. The van der Waals surface area contributed by atoms with Gasteiger partial charge in [-0.25, -0.2) is 0 Å². The molecule has 7 nitrogen and oxygen atoms in total. The van der Waals surface area contributed by atoms with E-state index in [0.29, 0.717) is 28.8 Å². The molecule has 0 unspecified atom stereocenters. The van der Waals surface area contributed by atoms with Gasteiger partial charge in [0.15, 0.2) is 12.3 Å². The molecule has 164 valence electrons. The predicted molar refractivity (Wildman–Crippen MR) is 108 cm³/mol. The fourth-order valence-corrected chi connectivity index (χ4v) is 3.67. The number of fused-ring (bicyclic) bond motifs is 1. The van der Waals surface area contributed by atoms with Crippen molar-refractivity contribution in [1.82, 2.24) is 5.32 Å². The van der Waals surface area contributed by atoms with Gasteiger partial charge in [-0.05, 0) is 18.6 Å². The van der Waals surface area contributed by atoms with E-state index < -0.39 is 0 Å². The van der Waals surface area contributed by atoms with Gasteiger partial charge in [-0.2, -0.15) is 4.98 Å². The molecular weight excluding hydrogens is 449 g/mol. The van der Waals surface area contributed by atoms with Gasteiger partial charge in [0.05, 0.1) is 38.0 Å². The maximum Gasteiger partial charge on any atom is 0.274 e. The van der Waals surface area contributed by atoms with Gasteiger partial charge in [0, 0.05) is 13.0 Å². The van der Waals surface area contributed by atoms with Crippen molar-refractivity contribution in [2.45, 2.75) is 13.8 Å². The van der Waals surface area contributed by atoms with E-state index in [2.05, 4.69) is 10.3 Å². The maximum atomic E-state index is 12.9. The number of H-pyrrole nitrogens is 1. The van der Waals surface area contributed by atoms with Gasteiger partial charge in [-0.1, -0.05) is 11.3 Å². The van der Waals surface area contributed by atoms with Crippen molar-refractivity contribution in [3.05, 3.63) is 45.3 Å². The largest absolute Gasteiger partial charge is 1.00 e. The number of aromatic amines is 1. The number of carbonyl (C=O) groups excluding carboxylic acids is 1. The summed E-state index contributed by atoms with van der Waals surface area (Å²) in [7, 11) is 4.05. The second kappa shape index (κ2) is 11.3. The Balaban J connectivity index is 0.00000225. The van der Waals surface area contributed by atoms with Crippen LogP contribution in [0.5, 0.6) is 5.75 Å². The highest BCUT2D eigenvalue weighted by Crippen LogP contribution is 2.26. The molecule has 3 rings (SSSR count). The average Bonchev–Trinajstić information content (AvgIpc) is 3.05. The van der Waals surface area contributed by atoms with Crippen molar-refractivity contribution in [3.8, 4) is 16.3 Å². The lowest BCUT2D eigenvalue weighted by Gasteiger charge is -2.10. The highest BCUT2D eigenvalue weighted by atomic mass is 35.5. The molecule has 0 aliphatic rings. The number of benzene rings is 1. The van der Waals surface area contributed by atoms with Crippen molar-refractivity contribution in [2.75, 3.05) is 33.8 Å². The first kappa shape index (κ1) is 25.9. The quantitative estimate of drug-likeness (QED) is 0.358. The number of likely N-dealkylation sites (N-methyl/N-ethyl adjacent to an activating group) is 1. The Labute approximate surface area is 191 Å². The number of aromatic nitrogens is 1. The third-order valence-electron chi connectivity index (χ3n) is 4.27. The molecule has 0 spiro atoms. The maximum absolute atomic E-state index is 12.9. The Morgan fingerprint density at radius 1 is 1.27 bits per heavy atom. The molecule has 0 fully saturated rings. The molecule has 0 atom stereocenters. The lowest BCUT2D eigenvalue weighted by molar-refractivity contribution is -0.856. The fourth-order valence-electron chi connectivity index (χ4n) is 2.83. The SMILES string of the molecule is Cc1csc(-c2coc3cc(OCC(=O)NCC[NH+](C)C)cc(C)c3c2=O)[nH+]1.[Cl-].[Cl-]. The summed E-state index contributed by atoms with van der Waals surface area (Å²) in [5.74, 6) is 0.312. The number of hydrogen-bond acceptors (Lipinski definition) is 5. The van der Waals surface area contributed by atoms with Crippen molar-refractivity contribution in [2.24, 2.45) is 0 Å². The van der Waals surface area contributed by atoms with Crippen LogP contribution < -0.4 is 50.2 Å². The van der Waals surface area contributed by atoms with Crippen molar-refractivity contribution < 1.29 is 48.6 Å². The molecule has 0 bridgehead atoms. The molecular formula is C20H25Cl2N3O4S. The molecule has 1 aromatic carbocycles. The first-order valence-corrected chi connectivity index (χ1v) is 9.95. The van der Waals surface area contributed by atoms with E-state index in [1.165, 1.54) is 22.5 Å². The second-order valence-electron chi connectivity index (χ2n) is 7.06. The summed E-state index contributed by atoms with van der Waals surface area (Å²) in [5, 5.41) is 6.05. The number of rotatable bonds is 7. The summed E-state index contributed by atoms with van der Waals surface area (Å²) in [5.41, 5.74) is 2.59. The first-order chi connectivity index (χ1) is 13.3. The van der Waals surface area contributed by atoms with Crippen LogP contribution in [0, 0.1) is 13.8 Å². The van der Waals surface area contributed by atoms with Gasteiger partial charge in [0.25, 0.3) is 10.9 Å². The second-order valence-corrected chi connectivity index (χ2v) is 7.94. The minimum absolute atomic E-state index is 0. The van der Waals surface area contributed by atoms with Crippen LogP contribution in [0.1, 0.15) is 11.3 Å². The third-order valence-corrected chi connectivity index (χ3v) is 5.30. The van der Waals surface area contributed by atoms with Gasteiger partial charge < -0.3 is 44.2 Å². The molecule has 2 aromatic heterocycles. The van der Waals surface area contributed by atoms with Crippen LogP contribution in [0.4, 0.5) is 0 Å². The van der Waals surface area contributed by atoms with Crippen LogP contribution in [0.25, 0.3) is 21.5 Å². The van der Waals surface area contributed by atoms with E-state index in [0.717, 1.165) is 22.8 Å². The number of ether oxygens (including phenoxy) is 1. The van der Waals surface area contributed by atoms with Crippen LogP contribution in [0.2, 0.25) is 0 Å². The summed E-state index contributed by atoms with van der Waals surface area (Å²) >= 11 is 1.47. The van der Waals surface area contributed by atoms with Crippen LogP contribution in [-0.4, -0.2) is 39.7 Å². The van der Waals surface area contributed by atoms with Gasteiger partial charge in [-0.3, -0.25) is 9.59 Å². The minimum Gasteiger partial charge on any atom is -1.00 e. The Hall–Kier alpha value is -2.13. The monoisotopic (exact) mass is 473 g/mol. The molecule has 3 N–H and O–H groups in total. The molecule has 1 amide bonds. The first-order valence-electron chi connectivity index (χ1n) is 9.07. The highest BCUT2D eigenvalue weighted by Gasteiger charge is 2.18. The van der Waals surface area contributed by atoms with Crippen LogP contribution in [0.15, 0.2) is 33.0 Å². The number of carbonyl (C=O) groups is 1. The number of nitrogens with one attached hydrogen (secondary N) is 3. The van der Waals surface area contributed by atoms with E-state index in [1.54, 1.807) is 12.1 Å². The Bertz CT molecular complexity index is 1070. The smallest absolute Gasteiger partial charge is 0.274 e. The van der Waals surface area contributed by atoms with Crippen molar-refractivity contribution in [3.63, 3.8) is 0 Å². The van der Waals surface area contributed by atoms with Gasteiger partial charge >= 0.3 is 0 Å². The predicted octanol–water partition coefficient (Wildman–Crippen LogP) is -5.40. The van der Waals surface area contributed by atoms with Crippen molar-refractivity contribution >= 4 is 28.2 Å². The zero-order valence-electron chi connectivity index (χ0n) is 17.2. The Kier molecular flexibility index (Phi) is 9.77. The van der Waals surface area contributed by atoms with E-state index in [1.807, 2.05) is 33.3 Å². The molecule has 10 heteroatoms. The molecule has 0 aliphatic carbocycles. The fraction of sp³-hybridized carbons (Fsp3) is 0.350. The summed E-state index contributed by atoms with van der Waals surface area (Å²) < 4.78 is 11.3. The summed E-state index contributed by atoms with van der Waals surface area (Å²) in [6, 6.07) is 3.40. The topological polar surface area (TPSA) is 87.1 Å². The van der Waals surface area contributed by atoms with E-state index >= 15 is 0 Å². The number of amides is 1. The number of aryl methyl sites for hydroxylation is 2. The molecule has 0 radical (unpaired) electrons. The minimum atomic E-state index is -0.181. The Morgan fingerprint density at radius 3 is 2.63 bits per heavy atom. The number of thiazole rings is 1. The standard InChI is InChI=1S/C20H23N3O4S.2ClH/c1-12-7-14(26-10-17(24)21-5-6-23(3)4)8-16-18(12)19(25)15(9-27-16)20-22-13(2)11-28-20;;/h7-9,11H,5-6,10H2,1-4H3,(H,21,24);2*1H. The lowest BCUT2D eigenvalue weighted by Crippen LogP contribution is -3.06. The molecule has 0 aliphatic heterocycles. The summed E-state index contributed by atoms with van der Waals surface area (Å²) in [4.78, 5) is 29.2. The lowest BCUT2D eigenvalue weighted by atomic mass is 10.1. The van der Waals surface area contributed by atoms with Gasteiger partial charge in [0.2, 0.25) is 5.43 Å². The highest BCUT2D eigenvalue weighted by molar-refractivity contribution is 7.12. The van der Waals surface area contributed by atoms with Crippen LogP contribution >= 0.6 is 11.3 Å². The molecule has 0 saturated heterocycles.